The molecule has 0 radical (unpaired) electrons. The van der Waals surface area contributed by atoms with Gasteiger partial charge in [-0.3, -0.25) is 4.79 Å². The highest BCUT2D eigenvalue weighted by Crippen LogP contribution is 2.21. The number of sulfonamides is 1. The molecule has 3 aromatic rings. The van der Waals surface area contributed by atoms with Gasteiger partial charge in [-0.15, -0.1) is 0 Å². The Morgan fingerprint density at radius 3 is 2.58 bits per heavy atom. The van der Waals surface area contributed by atoms with Crippen LogP contribution in [0.3, 0.4) is 0 Å². The van der Waals surface area contributed by atoms with Crippen LogP contribution in [0.1, 0.15) is 34.3 Å². The van der Waals surface area contributed by atoms with Gasteiger partial charge in [-0.05, 0) is 48.7 Å². The van der Waals surface area contributed by atoms with Gasteiger partial charge in [-0.2, -0.15) is 5.26 Å². The van der Waals surface area contributed by atoms with Gasteiger partial charge in [-0.25, -0.2) is 13.1 Å². The summed E-state index contributed by atoms with van der Waals surface area (Å²) in [5.74, 6) is 0.138. The van der Waals surface area contributed by atoms with Gasteiger partial charge in [0.1, 0.15) is 5.75 Å². The highest BCUT2D eigenvalue weighted by molar-refractivity contribution is 7.89. The first-order valence-corrected chi connectivity index (χ1v) is 11.9. The lowest BCUT2D eigenvalue weighted by Gasteiger charge is -2.12. The van der Waals surface area contributed by atoms with Crippen molar-refractivity contribution in [3.05, 3.63) is 89.5 Å². The van der Waals surface area contributed by atoms with Gasteiger partial charge in [0.2, 0.25) is 10.0 Å². The Bertz CT molecular complexity index is 1250. The summed E-state index contributed by atoms with van der Waals surface area (Å²) in [5, 5.41) is 11.4. The van der Waals surface area contributed by atoms with Crippen molar-refractivity contribution < 1.29 is 17.9 Å². The van der Waals surface area contributed by atoms with Crippen LogP contribution in [0.25, 0.3) is 0 Å². The maximum Gasteiger partial charge on any atom is 0.255 e. The van der Waals surface area contributed by atoms with E-state index in [1.54, 1.807) is 43.3 Å². The van der Waals surface area contributed by atoms with Crippen molar-refractivity contribution in [2.75, 3.05) is 11.9 Å². The van der Waals surface area contributed by atoms with Gasteiger partial charge in [0, 0.05) is 30.3 Å². The zero-order valence-electron chi connectivity index (χ0n) is 18.2. The summed E-state index contributed by atoms with van der Waals surface area (Å²) in [6.07, 6.45) is 1.03. The van der Waals surface area contributed by atoms with Crippen LogP contribution in [0, 0.1) is 18.3 Å². The van der Waals surface area contributed by atoms with Gasteiger partial charge in [0.05, 0.1) is 17.6 Å². The van der Waals surface area contributed by atoms with Crippen molar-refractivity contribution in [1.29, 1.82) is 5.26 Å². The first-order chi connectivity index (χ1) is 15.9. The first kappa shape index (κ1) is 24.0. The van der Waals surface area contributed by atoms with Crippen LogP contribution in [-0.2, 0) is 16.6 Å². The molecule has 0 atom stereocenters. The molecule has 0 heterocycles. The number of nitrogens with zero attached hydrogens (tertiary/aromatic N) is 1. The average Bonchev–Trinajstić information content (AvgIpc) is 2.82. The summed E-state index contributed by atoms with van der Waals surface area (Å²) >= 11 is 0. The van der Waals surface area contributed by atoms with Gasteiger partial charge in [-0.1, -0.05) is 42.5 Å². The summed E-state index contributed by atoms with van der Waals surface area (Å²) in [7, 11) is -3.81. The van der Waals surface area contributed by atoms with Gasteiger partial charge >= 0.3 is 0 Å². The average molecular weight is 464 g/mol. The van der Waals surface area contributed by atoms with E-state index in [1.165, 1.54) is 6.07 Å². The summed E-state index contributed by atoms with van der Waals surface area (Å²) in [6.45, 7) is 2.24. The number of hydrogen-bond acceptors (Lipinski definition) is 5. The van der Waals surface area contributed by atoms with Crippen molar-refractivity contribution in [3.63, 3.8) is 0 Å². The Labute approximate surface area is 194 Å². The van der Waals surface area contributed by atoms with Crippen molar-refractivity contribution in [3.8, 4) is 11.8 Å². The second-order valence-electron chi connectivity index (χ2n) is 7.38. The number of benzene rings is 3. The van der Waals surface area contributed by atoms with Crippen molar-refractivity contribution in [2.24, 2.45) is 0 Å². The molecule has 33 heavy (non-hydrogen) atoms. The molecule has 0 fully saturated rings. The number of amides is 1. The highest BCUT2D eigenvalue weighted by atomic mass is 32.2. The second kappa shape index (κ2) is 11.3. The number of rotatable bonds is 10. The van der Waals surface area contributed by atoms with E-state index in [1.807, 2.05) is 30.3 Å². The van der Waals surface area contributed by atoms with Crippen molar-refractivity contribution in [1.82, 2.24) is 4.72 Å². The lowest BCUT2D eigenvalue weighted by molar-refractivity contribution is 0.102. The Morgan fingerprint density at radius 1 is 1.03 bits per heavy atom. The molecule has 3 aromatic carbocycles. The quantitative estimate of drug-likeness (QED) is 0.433. The summed E-state index contributed by atoms with van der Waals surface area (Å²) in [6, 6.07) is 22.7. The fraction of sp³-hybridized carbons (Fsp3) is 0.200. The molecule has 0 bridgehead atoms. The van der Waals surface area contributed by atoms with E-state index in [-0.39, 0.29) is 17.0 Å². The third kappa shape index (κ3) is 6.91. The summed E-state index contributed by atoms with van der Waals surface area (Å²) < 4.78 is 33.9. The smallest absolute Gasteiger partial charge is 0.255 e. The monoisotopic (exact) mass is 463 g/mol. The first-order valence-electron chi connectivity index (χ1n) is 10.4. The molecule has 0 aliphatic heterocycles. The fourth-order valence-electron chi connectivity index (χ4n) is 3.09. The molecule has 0 spiro atoms. The Balaban J connectivity index is 1.71. The molecule has 0 aliphatic carbocycles. The van der Waals surface area contributed by atoms with Crippen LogP contribution in [0.15, 0.2) is 77.7 Å². The molecule has 3 rings (SSSR count). The van der Waals surface area contributed by atoms with Crippen LogP contribution >= 0.6 is 0 Å². The van der Waals surface area contributed by atoms with E-state index in [0.717, 1.165) is 5.56 Å². The number of aryl methyl sites for hydroxylation is 1. The van der Waals surface area contributed by atoms with E-state index in [9.17, 15) is 13.2 Å². The van der Waals surface area contributed by atoms with Crippen LogP contribution in [-0.4, -0.2) is 20.9 Å². The number of carbonyl (C=O) groups is 1. The molecule has 0 aromatic heterocycles. The van der Waals surface area contributed by atoms with E-state index in [4.69, 9.17) is 10.00 Å². The SMILES string of the molecule is Cc1ccc(C(=O)Nc2cccc(OCCCC#N)c2)cc1S(=O)(=O)NCc1ccccc1. The molecular formula is C25H25N3O4S. The lowest BCUT2D eigenvalue weighted by Crippen LogP contribution is -2.24. The van der Waals surface area contributed by atoms with Gasteiger partial charge in [0.15, 0.2) is 0 Å². The highest BCUT2D eigenvalue weighted by Gasteiger charge is 2.19. The molecule has 2 N–H and O–H groups in total. The zero-order chi connectivity index (χ0) is 23.7. The third-order valence-corrected chi connectivity index (χ3v) is 6.39. The third-order valence-electron chi connectivity index (χ3n) is 4.84. The molecule has 0 saturated heterocycles. The van der Waals surface area contributed by atoms with Crippen LogP contribution in [0.4, 0.5) is 5.69 Å². The predicted octanol–water partition coefficient (Wildman–Crippen LogP) is 4.41. The largest absolute Gasteiger partial charge is 0.493 e. The topological polar surface area (TPSA) is 108 Å². The number of nitrogens with one attached hydrogen (secondary N) is 2. The molecular weight excluding hydrogens is 438 g/mol. The normalized spacial score (nSPS) is 10.9. The van der Waals surface area contributed by atoms with Crippen molar-refractivity contribution >= 4 is 21.6 Å². The number of nitriles is 1. The number of unbranched alkanes of at least 4 members (excludes halogenated alkanes) is 1. The molecule has 170 valence electrons. The van der Waals surface area contributed by atoms with Crippen LogP contribution in [0.2, 0.25) is 0 Å². The lowest BCUT2D eigenvalue weighted by atomic mass is 10.1. The van der Waals surface area contributed by atoms with Crippen molar-refractivity contribution in [2.45, 2.75) is 31.2 Å². The number of hydrogen-bond donors (Lipinski definition) is 2. The van der Waals surface area contributed by atoms with E-state index >= 15 is 0 Å². The molecule has 8 heteroatoms. The predicted molar refractivity (Wildman–Crippen MR) is 126 cm³/mol. The number of ether oxygens (including phenoxy) is 1. The molecule has 7 nitrogen and oxygen atoms in total. The van der Waals surface area contributed by atoms with E-state index in [0.29, 0.717) is 36.4 Å². The molecule has 0 aliphatic rings. The van der Waals surface area contributed by atoms with Crippen LogP contribution in [0.5, 0.6) is 5.75 Å². The minimum Gasteiger partial charge on any atom is -0.493 e. The minimum atomic E-state index is -3.81. The van der Waals surface area contributed by atoms with E-state index in [2.05, 4.69) is 16.1 Å². The fourth-order valence-corrected chi connectivity index (χ4v) is 4.38. The zero-order valence-corrected chi connectivity index (χ0v) is 19.1. The maximum atomic E-state index is 12.9. The Hall–Kier alpha value is -3.67. The standard InChI is InChI=1S/C25H25N3O4S/c1-19-12-13-21(16-24(19)33(30,31)27-18-20-8-3-2-4-9-20)25(29)28-22-10-7-11-23(17-22)32-15-6-5-14-26/h2-4,7-13,16-17,27H,5-6,15,18H2,1H3,(H,28,29). The minimum absolute atomic E-state index is 0.0562. The Morgan fingerprint density at radius 2 is 1.82 bits per heavy atom. The number of anilines is 1. The molecule has 0 saturated carbocycles. The van der Waals surface area contributed by atoms with Crippen LogP contribution < -0.4 is 14.8 Å². The summed E-state index contributed by atoms with van der Waals surface area (Å²) in [4.78, 5) is 12.8. The number of carbonyl (C=O) groups excluding carboxylic acids is 1. The van der Waals surface area contributed by atoms with Gasteiger partial charge < -0.3 is 10.1 Å². The van der Waals surface area contributed by atoms with Gasteiger partial charge in [0.25, 0.3) is 5.91 Å². The maximum absolute atomic E-state index is 12.9. The molecule has 0 unspecified atom stereocenters. The Kier molecular flexibility index (Phi) is 8.19. The molecule has 1 amide bonds. The summed E-state index contributed by atoms with van der Waals surface area (Å²) in [5.41, 5.74) is 2.12. The van der Waals surface area contributed by atoms with E-state index < -0.39 is 15.9 Å². The second-order valence-corrected chi connectivity index (χ2v) is 9.12.